The molecule has 0 fully saturated rings. The van der Waals surface area contributed by atoms with Gasteiger partial charge < -0.3 is 14.8 Å². The van der Waals surface area contributed by atoms with Crippen LogP contribution in [0.5, 0.6) is 0 Å². The first kappa shape index (κ1) is 20.9. The van der Waals surface area contributed by atoms with Gasteiger partial charge in [-0.15, -0.1) is 0 Å². The molecule has 0 aliphatic carbocycles. The molecule has 0 spiro atoms. The highest BCUT2D eigenvalue weighted by Gasteiger charge is 2.11. The monoisotopic (exact) mass is 362 g/mol. The van der Waals surface area contributed by atoms with Crippen LogP contribution in [0, 0.1) is 0 Å². The van der Waals surface area contributed by atoms with Crippen molar-refractivity contribution in [2.45, 2.75) is 26.3 Å². The fourth-order valence-electron chi connectivity index (χ4n) is 1.72. The lowest BCUT2D eigenvalue weighted by molar-refractivity contribution is -0.143. The number of amides is 3. The van der Waals surface area contributed by atoms with Gasteiger partial charge >= 0.3 is 18.0 Å². The van der Waals surface area contributed by atoms with E-state index < -0.39 is 30.5 Å². The first-order chi connectivity index (χ1) is 12.3. The number of carbonyl (C=O) groups is 4. The third kappa shape index (κ3) is 7.61. The van der Waals surface area contributed by atoms with E-state index in [1.54, 1.807) is 31.2 Å². The van der Waals surface area contributed by atoms with Crippen LogP contribution in [0.1, 0.15) is 36.2 Å². The zero-order valence-corrected chi connectivity index (χ0v) is 14.9. The second-order valence-corrected chi connectivity index (χ2v) is 5.39. The number of urea groups is 1. The minimum absolute atomic E-state index is 0.0705. The number of imide groups is 1. The van der Waals surface area contributed by atoms with E-state index in [9.17, 15) is 19.2 Å². The van der Waals surface area contributed by atoms with Crippen LogP contribution in [-0.4, -0.2) is 43.6 Å². The minimum atomic E-state index is -0.737. The molecule has 1 aromatic carbocycles. The number of esters is 2. The van der Waals surface area contributed by atoms with Crippen molar-refractivity contribution in [3.05, 3.63) is 41.5 Å². The van der Waals surface area contributed by atoms with Gasteiger partial charge in [-0.05, 0) is 37.1 Å². The molecule has 3 amide bonds. The highest BCUT2D eigenvalue weighted by molar-refractivity contribution is 5.96. The predicted molar refractivity (Wildman–Crippen MR) is 94.2 cm³/mol. The van der Waals surface area contributed by atoms with E-state index in [0.717, 1.165) is 12.5 Å². The summed E-state index contributed by atoms with van der Waals surface area (Å²) in [6, 6.07) is 5.66. The van der Waals surface area contributed by atoms with Gasteiger partial charge in [0.15, 0.2) is 6.61 Å². The van der Waals surface area contributed by atoms with Gasteiger partial charge in [0.25, 0.3) is 5.91 Å². The summed E-state index contributed by atoms with van der Waals surface area (Å²) in [5.41, 5.74) is 1.05. The van der Waals surface area contributed by atoms with Gasteiger partial charge in [0.05, 0.1) is 12.7 Å². The average Bonchev–Trinajstić information content (AvgIpc) is 2.64. The lowest BCUT2D eigenvalue weighted by atomic mass is 10.1. The molecule has 2 N–H and O–H groups in total. The Morgan fingerprint density at radius 3 is 2.38 bits per heavy atom. The summed E-state index contributed by atoms with van der Waals surface area (Å²) in [6.07, 6.45) is 3.33. The SMILES string of the molecule is CC[C@H](C)NC(=O)NC(=O)COC(=O)/C=C/c1ccc(C(=O)OC)cc1. The summed E-state index contributed by atoms with van der Waals surface area (Å²) in [6.45, 7) is 3.12. The molecule has 140 valence electrons. The molecule has 1 aromatic rings. The van der Waals surface area contributed by atoms with Crippen LogP contribution in [0.3, 0.4) is 0 Å². The van der Waals surface area contributed by atoms with E-state index >= 15 is 0 Å². The molecule has 8 heteroatoms. The molecule has 0 saturated heterocycles. The molecule has 0 unspecified atom stereocenters. The zero-order valence-electron chi connectivity index (χ0n) is 14.9. The Morgan fingerprint density at radius 1 is 1.15 bits per heavy atom. The van der Waals surface area contributed by atoms with Crippen molar-refractivity contribution < 1.29 is 28.7 Å². The third-order valence-corrected chi connectivity index (χ3v) is 3.33. The van der Waals surface area contributed by atoms with Gasteiger partial charge in [-0.1, -0.05) is 19.1 Å². The Kier molecular flexibility index (Phi) is 8.56. The van der Waals surface area contributed by atoms with Crippen LogP contribution in [0.15, 0.2) is 30.3 Å². The summed E-state index contributed by atoms with van der Waals surface area (Å²) in [5, 5.41) is 4.62. The molecule has 26 heavy (non-hydrogen) atoms. The standard InChI is InChI=1S/C18H22N2O6/c1-4-12(2)19-18(24)20-15(21)11-26-16(22)10-7-13-5-8-14(9-6-13)17(23)25-3/h5-10,12H,4,11H2,1-3H3,(H2,19,20,21,24)/b10-7+/t12-/m0/s1. The van der Waals surface area contributed by atoms with Crippen LogP contribution in [0.2, 0.25) is 0 Å². The van der Waals surface area contributed by atoms with Crippen LogP contribution >= 0.6 is 0 Å². The highest BCUT2D eigenvalue weighted by Crippen LogP contribution is 2.07. The number of carbonyl (C=O) groups excluding carboxylic acids is 4. The smallest absolute Gasteiger partial charge is 0.337 e. The van der Waals surface area contributed by atoms with Gasteiger partial charge in [0.2, 0.25) is 0 Å². The number of methoxy groups -OCH3 is 1. The van der Waals surface area contributed by atoms with E-state index in [-0.39, 0.29) is 6.04 Å². The van der Waals surface area contributed by atoms with Crippen molar-refractivity contribution in [1.82, 2.24) is 10.6 Å². The summed E-state index contributed by atoms with van der Waals surface area (Å²) < 4.78 is 9.33. The maximum absolute atomic E-state index is 11.6. The summed E-state index contributed by atoms with van der Waals surface area (Å²) in [5.74, 6) is -1.92. The first-order valence-electron chi connectivity index (χ1n) is 7.99. The van der Waals surface area contributed by atoms with E-state index in [2.05, 4.69) is 15.4 Å². The Morgan fingerprint density at radius 2 is 1.81 bits per heavy atom. The molecule has 1 rings (SSSR count). The van der Waals surface area contributed by atoms with Crippen molar-refractivity contribution in [1.29, 1.82) is 0 Å². The molecule has 0 heterocycles. The molecular formula is C18H22N2O6. The molecule has 1 atom stereocenters. The van der Waals surface area contributed by atoms with E-state index in [0.29, 0.717) is 11.1 Å². The van der Waals surface area contributed by atoms with Crippen LogP contribution in [-0.2, 0) is 19.1 Å². The van der Waals surface area contributed by atoms with Crippen molar-refractivity contribution in [3.63, 3.8) is 0 Å². The number of hydrogen-bond donors (Lipinski definition) is 2. The number of ether oxygens (including phenoxy) is 2. The maximum atomic E-state index is 11.6. The van der Waals surface area contributed by atoms with Crippen molar-refractivity contribution in [2.24, 2.45) is 0 Å². The number of rotatable bonds is 7. The molecule has 0 aliphatic heterocycles. The van der Waals surface area contributed by atoms with Crippen LogP contribution in [0.4, 0.5) is 4.79 Å². The lowest BCUT2D eigenvalue weighted by Gasteiger charge is -2.11. The Hall–Kier alpha value is -3.16. The second-order valence-electron chi connectivity index (χ2n) is 5.39. The van der Waals surface area contributed by atoms with Gasteiger partial charge in [-0.3, -0.25) is 10.1 Å². The highest BCUT2D eigenvalue weighted by atomic mass is 16.5. The maximum Gasteiger partial charge on any atom is 0.337 e. The Balaban J connectivity index is 2.41. The number of hydrogen-bond acceptors (Lipinski definition) is 6. The topological polar surface area (TPSA) is 111 Å². The second kappa shape index (κ2) is 10.7. The van der Waals surface area contributed by atoms with Crippen molar-refractivity contribution in [2.75, 3.05) is 13.7 Å². The summed E-state index contributed by atoms with van der Waals surface area (Å²) in [7, 11) is 1.29. The summed E-state index contributed by atoms with van der Waals surface area (Å²) >= 11 is 0. The number of nitrogens with one attached hydrogen (secondary N) is 2. The molecule has 0 saturated carbocycles. The predicted octanol–water partition coefficient (Wildman–Crippen LogP) is 1.65. The molecule has 0 radical (unpaired) electrons. The van der Waals surface area contributed by atoms with Crippen LogP contribution in [0.25, 0.3) is 6.08 Å². The van der Waals surface area contributed by atoms with Crippen molar-refractivity contribution >= 4 is 30.0 Å². The normalized spacial score (nSPS) is 11.5. The quantitative estimate of drug-likeness (QED) is 0.564. The minimum Gasteiger partial charge on any atom is -0.465 e. The third-order valence-electron chi connectivity index (χ3n) is 3.33. The number of benzene rings is 1. The zero-order chi connectivity index (χ0) is 19.5. The molecule has 0 bridgehead atoms. The van der Waals surface area contributed by atoms with E-state index in [1.807, 2.05) is 6.92 Å². The van der Waals surface area contributed by atoms with Gasteiger partial charge in [0, 0.05) is 12.1 Å². The van der Waals surface area contributed by atoms with E-state index in [1.165, 1.54) is 13.2 Å². The lowest BCUT2D eigenvalue weighted by Crippen LogP contribution is -2.44. The fourth-order valence-corrected chi connectivity index (χ4v) is 1.72. The Labute approximate surface area is 151 Å². The van der Waals surface area contributed by atoms with Gasteiger partial charge in [0.1, 0.15) is 0 Å². The average molecular weight is 362 g/mol. The van der Waals surface area contributed by atoms with Crippen molar-refractivity contribution in [3.8, 4) is 0 Å². The van der Waals surface area contributed by atoms with E-state index in [4.69, 9.17) is 4.74 Å². The largest absolute Gasteiger partial charge is 0.465 e. The molecule has 8 nitrogen and oxygen atoms in total. The van der Waals surface area contributed by atoms with Gasteiger partial charge in [-0.2, -0.15) is 0 Å². The molecular weight excluding hydrogens is 340 g/mol. The fraction of sp³-hybridized carbons (Fsp3) is 0.333. The molecule has 0 aromatic heterocycles. The Bertz CT molecular complexity index is 681. The van der Waals surface area contributed by atoms with Gasteiger partial charge in [-0.25, -0.2) is 14.4 Å². The molecule has 0 aliphatic rings. The first-order valence-corrected chi connectivity index (χ1v) is 7.99. The van der Waals surface area contributed by atoms with Crippen LogP contribution < -0.4 is 10.6 Å². The summed E-state index contributed by atoms with van der Waals surface area (Å²) in [4.78, 5) is 45.9.